The van der Waals surface area contributed by atoms with E-state index in [9.17, 15) is 14.4 Å². The van der Waals surface area contributed by atoms with Crippen LogP contribution in [0.2, 0.25) is 0 Å². The van der Waals surface area contributed by atoms with E-state index in [0.29, 0.717) is 18.9 Å². The summed E-state index contributed by atoms with van der Waals surface area (Å²) in [6.45, 7) is 0.724. The Bertz CT molecular complexity index is 1680. The largest absolute Gasteiger partial charge is 0.371 e. The number of carbonyl (C=O) groups is 3. The number of ether oxygens (including phenoxy) is 2. The molecule has 4 aromatic rings. The number of nitrogens with zero attached hydrogens (tertiary/aromatic N) is 2. The number of rotatable bonds is 13. The van der Waals surface area contributed by atoms with Crippen molar-refractivity contribution in [1.29, 1.82) is 0 Å². The maximum atomic E-state index is 13.9. The second kappa shape index (κ2) is 17.6. The molecule has 11 nitrogen and oxygen atoms in total. The standard InChI is InChI=1S/C39H46N6O5/c46-37(41-31-20-10-12-22-34(31)49-26-28-14-4-1-5-15-28)25-45-33(24-36(44-45)43-39(48)40-30-18-8-3-9-19-30)38(47)42-32-21-11-13-23-35(32)50-27-29-16-6-2-7-17-29/h1-9,14-19,24,31-32,34-35H,10-13,20-23,25-27H2,(H,41,46)(H,42,47)(H2,40,43,44,48)/t31?,32-,34-,35-/m0/s1. The third-order valence-electron chi connectivity index (χ3n) is 9.26. The Balaban J connectivity index is 1.14. The van der Waals surface area contributed by atoms with Crippen molar-refractivity contribution in [3.63, 3.8) is 0 Å². The molecule has 262 valence electrons. The van der Waals surface area contributed by atoms with Gasteiger partial charge in [0.25, 0.3) is 5.91 Å². The first-order chi connectivity index (χ1) is 24.5. The Morgan fingerprint density at radius 2 is 1.18 bits per heavy atom. The summed E-state index contributed by atoms with van der Waals surface area (Å²) in [6, 6.07) is 29.6. The van der Waals surface area contributed by atoms with Gasteiger partial charge in [-0.2, -0.15) is 5.10 Å². The number of para-hydroxylation sites is 1. The Hall–Kier alpha value is -5.00. The first-order valence-corrected chi connectivity index (χ1v) is 17.6. The minimum atomic E-state index is -0.514. The van der Waals surface area contributed by atoms with Crippen LogP contribution in [0.3, 0.4) is 0 Å². The van der Waals surface area contributed by atoms with Crippen LogP contribution in [-0.2, 0) is 34.0 Å². The lowest BCUT2D eigenvalue weighted by Gasteiger charge is -2.32. The van der Waals surface area contributed by atoms with E-state index in [1.165, 1.54) is 10.7 Å². The van der Waals surface area contributed by atoms with E-state index < -0.39 is 6.03 Å². The Kier molecular flexibility index (Phi) is 12.3. The molecule has 2 aliphatic carbocycles. The van der Waals surface area contributed by atoms with Crippen molar-refractivity contribution in [3.8, 4) is 0 Å². The van der Waals surface area contributed by atoms with E-state index in [0.717, 1.165) is 62.5 Å². The van der Waals surface area contributed by atoms with Crippen molar-refractivity contribution < 1.29 is 23.9 Å². The molecule has 4 atom stereocenters. The van der Waals surface area contributed by atoms with Gasteiger partial charge in [0, 0.05) is 11.8 Å². The number of nitrogens with one attached hydrogen (secondary N) is 4. The van der Waals surface area contributed by atoms with E-state index in [4.69, 9.17) is 9.47 Å². The van der Waals surface area contributed by atoms with Gasteiger partial charge in [-0.1, -0.05) is 105 Å². The molecule has 3 aromatic carbocycles. The van der Waals surface area contributed by atoms with Gasteiger partial charge in [0.15, 0.2) is 5.82 Å². The lowest BCUT2D eigenvalue weighted by atomic mass is 9.92. The van der Waals surface area contributed by atoms with Gasteiger partial charge in [-0.3, -0.25) is 14.9 Å². The van der Waals surface area contributed by atoms with Crippen molar-refractivity contribution in [2.45, 2.75) is 95.4 Å². The minimum absolute atomic E-state index is 0.119. The highest BCUT2D eigenvalue weighted by Crippen LogP contribution is 2.25. The predicted molar refractivity (Wildman–Crippen MR) is 191 cm³/mol. The Morgan fingerprint density at radius 3 is 1.76 bits per heavy atom. The van der Waals surface area contributed by atoms with Crippen molar-refractivity contribution >= 4 is 29.4 Å². The van der Waals surface area contributed by atoms with Crippen LogP contribution in [0, 0.1) is 0 Å². The highest BCUT2D eigenvalue weighted by molar-refractivity contribution is 6.00. The van der Waals surface area contributed by atoms with E-state index >= 15 is 0 Å². The van der Waals surface area contributed by atoms with Gasteiger partial charge in [-0.25, -0.2) is 9.48 Å². The van der Waals surface area contributed by atoms with Crippen LogP contribution in [-0.4, -0.2) is 51.9 Å². The molecule has 2 aliphatic rings. The summed E-state index contributed by atoms with van der Waals surface area (Å²) in [7, 11) is 0. The van der Waals surface area contributed by atoms with Crippen molar-refractivity contribution in [3.05, 3.63) is 114 Å². The van der Waals surface area contributed by atoms with Crippen LogP contribution in [0.15, 0.2) is 97.1 Å². The summed E-state index contributed by atoms with van der Waals surface area (Å²) in [5, 5.41) is 16.3. The monoisotopic (exact) mass is 678 g/mol. The average molecular weight is 679 g/mol. The molecule has 11 heteroatoms. The summed E-state index contributed by atoms with van der Waals surface area (Å²) < 4.78 is 13.9. The third-order valence-corrected chi connectivity index (χ3v) is 9.26. The SMILES string of the molecule is O=C(Cn1nc(NC(=O)Nc2ccccc2)cc1C(=O)N[C@H]1CCCC[C@@H]1OCc1ccccc1)NC1CCCC[C@@H]1OCc1ccccc1. The summed E-state index contributed by atoms with van der Waals surface area (Å²) in [4.78, 5) is 40.2. The highest BCUT2D eigenvalue weighted by Gasteiger charge is 2.31. The molecule has 0 bridgehead atoms. The highest BCUT2D eigenvalue weighted by atomic mass is 16.5. The quantitative estimate of drug-likeness (QED) is 0.129. The molecule has 1 aromatic heterocycles. The lowest BCUT2D eigenvalue weighted by molar-refractivity contribution is -0.124. The van der Waals surface area contributed by atoms with Crippen molar-refractivity contribution in [2.75, 3.05) is 10.6 Å². The van der Waals surface area contributed by atoms with Crippen molar-refractivity contribution in [1.82, 2.24) is 20.4 Å². The van der Waals surface area contributed by atoms with Gasteiger partial charge in [0.1, 0.15) is 12.2 Å². The molecule has 4 amide bonds. The molecule has 6 rings (SSSR count). The maximum absolute atomic E-state index is 13.9. The zero-order chi connectivity index (χ0) is 34.5. The Morgan fingerprint density at radius 1 is 0.660 bits per heavy atom. The molecular formula is C39H46N6O5. The summed E-state index contributed by atoms with van der Waals surface area (Å²) in [6.07, 6.45) is 7.01. The third kappa shape index (κ3) is 10.0. The molecule has 2 fully saturated rings. The fourth-order valence-electron chi connectivity index (χ4n) is 6.69. The molecule has 0 spiro atoms. The number of hydrogen-bond acceptors (Lipinski definition) is 6. The first-order valence-electron chi connectivity index (χ1n) is 17.6. The Labute approximate surface area is 293 Å². The molecule has 0 aliphatic heterocycles. The molecule has 50 heavy (non-hydrogen) atoms. The predicted octanol–water partition coefficient (Wildman–Crippen LogP) is 6.43. The number of hydrogen-bond donors (Lipinski definition) is 4. The lowest BCUT2D eigenvalue weighted by Crippen LogP contribution is -2.48. The van der Waals surface area contributed by atoms with E-state index in [1.54, 1.807) is 12.1 Å². The van der Waals surface area contributed by atoms with E-state index in [-0.39, 0.29) is 54.2 Å². The normalized spacial score (nSPS) is 20.4. The molecule has 0 saturated heterocycles. The second-order valence-corrected chi connectivity index (χ2v) is 13.0. The van der Waals surface area contributed by atoms with Gasteiger partial charge in [0.05, 0.1) is 37.5 Å². The minimum Gasteiger partial charge on any atom is -0.371 e. The van der Waals surface area contributed by atoms with Gasteiger partial charge in [-0.05, 0) is 48.9 Å². The van der Waals surface area contributed by atoms with Crippen LogP contribution in [0.4, 0.5) is 16.3 Å². The molecule has 2 saturated carbocycles. The number of aromatic nitrogens is 2. The van der Waals surface area contributed by atoms with Crippen LogP contribution in [0.25, 0.3) is 0 Å². The zero-order valence-electron chi connectivity index (χ0n) is 28.3. The first kappa shape index (κ1) is 34.8. The fraction of sp³-hybridized carbons (Fsp3) is 0.385. The molecule has 1 unspecified atom stereocenters. The van der Waals surface area contributed by atoms with Gasteiger partial charge in [-0.15, -0.1) is 0 Å². The topological polar surface area (TPSA) is 136 Å². The maximum Gasteiger partial charge on any atom is 0.324 e. The summed E-state index contributed by atoms with van der Waals surface area (Å²) in [5.74, 6) is -0.521. The molecule has 0 radical (unpaired) electrons. The number of urea groups is 1. The molecular weight excluding hydrogens is 632 g/mol. The number of amides is 4. The molecule has 4 N–H and O–H groups in total. The van der Waals surface area contributed by atoms with E-state index in [1.807, 2.05) is 78.9 Å². The van der Waals surface area contributed by atoms with Gasteiger partial charge in [0.2, 0.25) is 5.91 Å². The van der Waals surface area contributed by atoms with Gasteiger partial charge >= 0.3 is 6.03 Å². The number of carbonyl (C=O) groups excluding carboxylic acids is 3. The summed E-state index contributed by atoms with van der Waals surface area (Å²) in [5.41, 5.74) is 2.93. The van der Waals surface area contributed by atoms with Crippen LogP contribution < -0.4 is 21.3 Å². The molecule has 1 heterocycles. The second-order valence-electron chi connectivity index (χ2n) is 13.0. The average Bonchev–Trinajstić information content (AvgIpc) is 3.53. The van der Waals surface area contributed by atoms with E-state index in [2.05, 4.69) is 26.4 Å². The van der Waals surface area contributed by atoms with Crippen LogP contribution in [0.1, 0.15) is 73.0 Å². The zero-order valence-corrected chi connectivity index (χ0v) is 28.3. The number of benzene rings is 3. The van der Waals surface area contributed by atoms with Gasteiger partial charge < -0.3 is 25.4 Å². The van der Waals surface area contributed by atoms with Crippen molar-refractivity contribution in [2.24, 2.45) is 0 Å². The number of anilines is 2. The van der Waals surface area contributed by atoms with Crippen LogP contribution >= 0.6 is 0 Å². The smallest absolute Gasteiger partial charge is 0.324 e. The summed E-state index contributed by atoms with van der Waals surface area (Å²) >= 11 is 0. The fourth-order valence-corrected chi connectivity index (χ4v) is 6.69. The van der Waals surface area contributed by atoms with Crippen LogP contribution in [0.5, 0.6) is 0 Å².